The van der Waals surface area contributed by atoms with Crippen LogP contribution in [0.5, 0.6) is 5.75 Å². The van der Waals surface area contributed by atoms with Crippen LogP contribution >= 0.6 is 0 Å². The first-order chi connectivity index (χ1) is 15.0. The number of hydrogen-bond acceptors (Lipinski definition) is 2. The molecule has 0 saturated carbocycles. The van der Waals surface area contributed by atoms with E-state index in [0.717, 1.165) is 19.3 Å². The van der Waals surface area contributed by atoms with Gasteiger partial charge in [-0.05, 0) is 43.7 Å². The van der Waals surface area contributed by atoms with Gasteiger partial charge in [0.1, 0.15) is 11.6 Å². The van der Waals surface area contributed by atoms with Gasteiger partial charge in [-0.1, -0.05) is 51.7 Å². The van der Waals surface area contributed by atoms with Crippen molar-refractivity contribution in [3.63, 3.8) is 0 Å². The summed E-state index contributed by atoms with van der Waals surface area (Å²) in [5.74, 6) is -1.76. The van der Waals surface area contributed by atoms with Crippen LogP contribution in [0.15, 0.2) is 30.3 Å². The van der Waals surface area contributed by atoms with Crippen molar-refractivity contribution < 1.29 is 22.6 Å². The van der Waals surface area contributed by atoms with Gasteiger partial charge in [-0.2, -0.15) is 0 Å². The van der Waals surface area contributed by atoms with E-state index in [1.807, 2.05) is 6.92 Å². The summed E-state index contributed by atoms with van der Waals surface area (Å²) in [5.41, 5.74) is 0.142. The zero-order valence-corrected chi connectivity index (χ0v) is 18.6. The fourth-order valence-corrected chi connectivity index (χ4v) is 4.18. The molecule has 2 nitrogen and oxygen atoms in total. The summed E-state index contributed by atoms with van der Waals surface area (Å²) in [4.78, 5) is 0. The molecule has 5 heteroatoms. The standard InChI is InChI=1S/C26H33F3O2/c1-3-5-6-7-8-18-9-14-24(31-17-18)22-13-12-21(25(28)26(22)29)20-11-10-19(16-23(20)27)30-15-4-2/h10-13,16,18,24H,3-9,14-15,17H2,1-2H3. The van der Waals surface area contributed by atoms with Crippen molar-refractivity contribution in [2.45, 2.75) is 71.3 Å². The minimum Gasteiger partial charge on any atom is -0.494 e. The Bertz CT molecular complexity index is 845. The highest BCUT2D eigenvalue weighted by atomic mass is 19.2. The smallest absolute Gasteiger partial charge is 0.167 e. The summed E-state index contributed by atoms with van der Waals surface area (Å²) in [7, 11) is 0. The van der Waals surface area contributed by atoms with Gasteiger partial charge >= 0.3 is 0 Å². The minimum atomic E-state index is -1.04. The molecule has 0 spiro atoms. The molecule has 1 heterocycles. The van der Waals surface area contributed by atoms with E-state index in [9.17, 15) is 13.2 Å². The van der Waals surface area contributed by atoms with Crippen LogP contribution in [-0.2, 0) is 4.74 Å². The molecule has 0 N–H and O–H groups in total. The summed E-state index contributed by atoms with van der Waals surface area (Å²) in [5, 5.41) is 0. The molecular weight excluding hydrogens is 401 g/mol. The molecule has 1 aliphatic rings. The van der Waals surface area contributed by atoms with Gasteiger partial charge in [0.2, 0.25) is 0 Å². The maximum absolute atomic E-state index is 14.9. The Morgan fingerprint density at radius 1 is 0.903 bits per heavy atom. The average molecular weight is 435 g/mol. The molecule has 2 atom stereocenters. The first-order valence-electron chi connectivity index (χ1n) is 11.6. The lowest BCUT2D eigenvalue weighted by Gasteiger charge is -2.30. The fourth-order valence-electron chi connectivity index (χ4n) is 4.18. The number of benzene rings is 2. The number of rotatable bonds is 10. The van der Waals surface area contributed by atoms with Gasteiger partial charge in [-0.3, -0.25) is 0 Å². The Morgan fingerprint density at radius 3 is 2.39 bits per heavy atom. The SMILES string of the molecule is CCCCCCC1CCC(c2ccc(-c3ccc(OCCC)cc3F)c(F)c2F)OC1. The van der Waals surface area contributed by atoms with Crippen molar-refractivity contribution in [1.82, 2.24) is 0 Å². The van der Waals surface area contributed by atoms with E-state index >= 15 is 0 Å². The fraction of sp³-hybridized carbons (Fsp3) is 0.538. The second kappa shape index (κ2) is 11.6. The lowest BCUT2D eigenvalue weighted by Crippen LogP contribution is -2.21. The normalized spacial score (nSPS) is 18.9. The molecule has 1 saturated heterocycles. The summed E-state index contributed by atoms with van der Waals surface area (Å²) in [6, 6.07) is 7.18. The van der Waals surface area contributed by atoms with Crippen LogP contribution in [-0.4, -0.2) is 13.2 Å². The van der Waals surface area contributed by atoms with Gasteiger partial charge < -0.3 is 9.47 Å². The maximum atomic E-state index is 14.9. The third kappa shape index (κ3) is 6.03. The second-order valence-electron chi connectivity index (χ2n) is 8.44. The van der Waals surface area contributed by atoms with Crippen LogP contribution in [0.4, 0.5) is 13.2 Å². The molecule has 3 rings (SSSR count). The zero-order valence-electron chi connectivity index (χ0n) is 18.6. The summed E-state index contributed by atoms with van der Waals surface area (Å²) in [6.45, 7) is 5.19. The molecule has 0 bridgehead atoms. The highest BCUT2D eigenvalue weighted by Crippen LogP contribution is 2.37. The molecule has 0 radical (unpaired) electrons. The predicted octanol–water partition coefficient (Wildman–Crippen LogP) is 8.00. The van der Waals surface area contributed by atoms with Crippen LogP contribution in [0.3, 0.4) is 0 Å². The number of ether oxygens (including phenoxy) is 2. The monoisotopic (exact) mass is 434 g/mol. The van der Waals surface area contributed by atoms with Gasteiger partial charge in [-0.25, -0.2) is 13.2 Å². The van der Waals surface area contributed by atoms with Crippen LogP contribution in [0.25, 0.3) is 11.1 Å². The molecule has 2 unspecified atom stereocenters. The van der Waals surface area contributed by atoms with E-state index in [1.165, 1.54) is 49.9 Å². The van der Waals surface area contributed by atoms with Gasteiger partial charge in [0.15, 0.2) is 11.6 Å². The van der Waals surface area contributed by atoms with Gasteiger partial charge in [-0.15, -0.1) is 0 Å². The van der Waals surface area contributed by atoms with E-state index in [2.05, 4.69) is 6.92 Å². The molecule has 2 aromatic carbocycles. The quantitative estimate of drug-likeness (QED) is 0.353. The molecule has 1 fully saturated rings. The first-order valence-corrected chi connectivity index (χ1v) is 11.6. The molecule has 2 aromatic rings. The number of hydrogen-bond donors (Lipinski definition) is 0. The largest absolute Gasteiger partial charge is 0.494 e. The van der Waals surface area contributed by atoms with Crippen LogP contribution in [0.1, 0.15) is 76.9 Å². The van der Waals surface area contributed by atoms with E-state index in [0.29, 0.717) is 31.3 Å². The van der Waals surface area contributed by atoms with Crippen molar-refractivity contribution in [3.8, 4) is 16.9 Å². The van der Waals surface area contributed by atoms with Crippen molar-refractivity contribution in [3.05, 3.63) is 53.3 Å². The van der Waals surface area contributed by atoms with Crippen molar-refractivity contribution in [2.75, 3.05) is 13.2 Å². The van der Waals surface area contributed by atoms with Crippen LogP contribution < -0.4 is 4.74 Å². The Hall–Kier alpha value is -2.01. The molecule has 0 aromatic heterocycles. The Balaban J connectivity index is 1.67. The highest BCUT2D eigenvalue weighted by molar-refractivity contribution is 5.66. The van der Waals surface area contributed by atoms with Gasteiger partial charge in [0, 0.05) is 22.8 Å². The van der Waals surface area contributed by atoms with E-state index in [-0.39, 0.29) is 16.7 Å². The third-order valence-electron chi connectivity index (χ3n) is 6.00. The van der Waals surface area contributed by atoms with Gasteiger partial charge in [0.05, 0.1) is 19.3 Å². The topological polar surface area (TPSA) is 18.5 Å². The Morgan fingerprint density at radius 2 is 1.71 bits per heavy atom. The number of halogens is 3. The van der Waals surface area contributed by atoms with E-state index in [4.69, 9.17) is 9.47 Å². The zero-order chi connectivity index (χ0) is 22.2. The van der Waals surface area contributed by atoms with E-state index in [1.54, 1.807) is 6.07 Å². The molecule has 170 valence electrons. The Labute approximate surface area is 183 Å². The minimum absolute atomic E-state index is 0.0171. The van der Waals surface area contributed by atoms with Gasteiger partial charge in [0.25, 0.3) is 0 Å². The lowest BCUT2D eigenvalue weighted by atomic mass is 9.90. The molecule has 31 heavy (non-hydrogen) atoms. The Kier molecular flexibility index (Phi) is 8.82. The van der Waals surface area contributed by atoms with Crippen LogP contribution in [0.2, 0.25) is 0 Å². The average Bonchev–Trinajstić information content (AvgIpc) is 2.78. The molecule has 0 amide bonds. The van der Waals surface area contributed by atoms with Crippen LogP contribution in [0, 0.1) is 23.4 Å². The second-order valence-corrected chi connectivity index (χ2v) is 8.44. The van der Waals surface area contributed by atoms with Crippen molar-refractivity contribution in [1.29, 1.82) is 0 Å². The molecule has 1 aliphatic heterocycles. The molecule has 0 aliphatic carbocycles. The first kappa shape index (κ1) is 23.6. The van der Waals surface area contributed by atoms with Crippen molar-refractivity contribution in [2.24, 2.45) is 5.92 Å². The third-order valence-corrected chi connectivity index (χ3v) is 6.00. The molecular formula is C26H33F3O2. The van der Waals surface area contributed by atoms with E-state index < -0.39 is 23.6 Å². The highest BCUT2D eigenvalue weighted by Gasteiger charge is 2.27. The summed E-state index contributed by atoms with van der Waals surface area (Å²) < 4.78 is 55.6. The predicted molar refractivity (Wildman–Crippen MR) is 118 cm³/mol. The van der Waals surface area contributed by atoms with Crippen molar-refractivity contribution >= 4 is 0 Å². The lowest BCUT2D eigenvalue weighted by molar-refractivity contribution is -0.0218. The summed E-state index contributed by atoms with van der Waals surface area (Å²) >= 11 is 0. The maximum Gasteiger partial charge on any atom is 0.167 e. The number of unbranched alkanes of at least 4 members (excludes halogenated alkanes) is 3. The summed E-state index contributed by atoms with van der Waals surface area (Å²) in [6.07, 6.45) is 7.99.